The van der Waals surface area contributed by atoms with Crippen LogP contribution in [0.15, 0.2) is 29.2 Å². The summed E-state index contributed by atoms with van der Waals surface area (Å²) in [5, 5.41) is 0.812. The Bertz CT molecular complexity index is 320. The standard InChI is InChI=1S/C12H19ClN2S/c1-3-9(2)11(15-14)8-16-12-7-5-4-6-10(12)13/h4-7,9,11,15H,3,8,14H2,1-2H3. The van der Waals surface area contributed by atoms with E-state index in [2.05, 4.69) is 19.3 Å². The molecule has 0 aromatic heterocycles. The molecule has 2 nitrogen and oxygen atoms in total. The van der Waals surface area contributed by atoms with Crippen molar-refractivity contribution >= 4 is 23.4 Å². The average molecular weight is 259 g/mol. The summed E-state index contributed by atoms with van der Waals surface area (Å²) in [5.74, 6) is 7.06. The lowest BCUT2D eigenvalue weighted by Gasteiger charge is -2.21. The lowest BCUT2D eigenvalue weighted by atomic mass is 10.0. The molecule has 0 spiro atoms. The van der Waals surface area contributed by atoms with Crippen molar-refractivity contribution in [3.8, 4) is 0 Å². The molecule has 1 rings (SSSR count). The van der Waals surface area contributed by atoms with Crippen LogP contribution in [-0.2, 0) is 0 Å². The van der Waals surface area contributed by atoms with Crippen molar-refractivity contribution in [3.05, 3.63) is 29.3 Å². The van der Waals surface area contributed by atoms with Crippen LogP contribution in [0.1, 0.15) is 20.3 Å². The second-order valence-corrected chi connectivity index (χ2v) is 5.37. The van der Waals surface area contributed by atoms with Gasteiger partial charge in [0.15, 0.2) is 0 Å². The van der Waals surface area contributed by atoms with E-state index < -0.39 is 0 Å². The zero-order valence-electron chi connectivity index (χ0n) is 9.74. The van der Waals surface area contributed by atoms with Crippen molar-refractivity contribution in [2.75, 3.05) is 5.75 Å². The first kappa shape index (κ1) is 13.8. The maximum Gasteiger partial charge on any atom is 0.0541 e. The predicted octanol–water partition coefficient (Wildman–Crippen LogP) is 3.31. The molecule has 0 aliphatic rings. The van der Waals surface area contributed by atoms with Gasteiger partial charge in [-0.15, -0.1) is 11.8 Å². The van der Waals surface area contributed by atoms with Gasteiger partial charge in [-0.3, -0.25) is 11.3 Å². The Morgan fingerprint density at radius 2 is 2.12 bits per heavy atom. The molecule has 1 aromatic carbocycles. The van der Waals surface area contributed by atoms with E-state index in [0.717, 1.165) is 22.1 Å². The van der Waals surface area contributed by atoms with Gasteiger partial charge >= 0.3 is 0 Å². The van der Waals surface area contributed by atoms with E-state index in [1.54, 1.807) is 11.8 Å². The molecule has 0 aliphatic heterocycles. The number of nitrogens with two attached hydrogens (primary N) is 1. The number of hydrogen-bond donors (Lipinski definition) is 2. The Morgan fingerprint density at radius 1 is 1.44 bits per heavy atom. The van der Waals surface area contributed by atoms with E-state index in [1.165, 1.54) is 0 Å². The summed E-state index contributed by atoms with van der Waals surface area (Å²) >= 11 is 7.84. The smallest absolute Gasteiger partial charge is 0.0541 e. The van der Waals surface area contributed by atoms with E-state index >= 15 is 0 Å². The van der Waals surface area contributed by atoms with Gasteiger partial charge in [0, 0.05) is 16.7 Å². The summed E-state index contributed by atoms with van der Waals surface area (Å²) in [6, 6.07) is 8.23. The lowest BCUT2D eigenvalue weighted by molar-refractivity contribution is 0.403. The number of hydrazine groups is 1. The van der Waals surface area contributed by atoms with Gasteiger partial charge in [-0.1, -0.05) is 44.0 Å². The highest BCUT2D eigenvalue weighted by Crippen LogP contribution is 2.28. The molecule has 0 bridgehead atoms. The Kier molecular flexibility index (Phi) is 6.21. The number of hydrogen-bond acceptors (Lipinski definition) is 3. The van der Waals surface area contributed by atoms with Crippen LogP contribution in [0.25, 0.3) is 0 Å². The fourth-order valence-electron chi connectivity index (χ4n) is 1.40. The first-order chi connectivity index (χ1) is 7.69. The molecule has 4 heteroatoms. The molecule has 0 saturated heterocycles. The second-order valence-electron chi connectivity index (χ2n) is 3.90. The number of nitrogens with one attached hydrogen (secondary N) is 1. The maximum absolute atomic E-state index is 6.09. The summed E-state index contributed by atoms with van der Waals surface area (Å²) in [4.78, 5) is 1.12. The van der Waals surface area contributed by atoms with E-state index in [0.29, 0.717) is 12.0 Å². The average Bonchev–Trinajstić information content (AvgIpc) is 2.31. The third-order valence-electron chi connectivity index (χ3n) is 2.80. The van der Waals surface area contributed by atoms with Crippen molar-refractivity contribution in [1.82, 2.24) is 5.43 Å². The monoisotopic (exact) mass is 258 g/mol. The first-order valence-corrected chi connectivity index (χ1v) is 6.88. The van der Waals surface area contributed by atoms with E-state index in [9.17, 15) is 0 Å². The number of thioether (sulfide) groups is 1. The maximum atomic E-state index is 6.09. The molecule has 0 aliphatic carbocycles. The Balaban J connectivity index is 2.53. The van der Waals surface area contributed by atoms with Crippen molar-refractivity contribution in [3.63, 3.8) is 0 Å². The lowest BCUT2D eigenvalue weighted by Crippen LogP contribution is -2.41. The van der Waals surface area contributed by atoms with Gasteiger partial charge in [0.25, 0.3) is 0 Å². The molecule has 2 atom stereocenters. The molecule has 0 saturated carbocycles. The van der Waals surface area contributed by atoms with Gasteiger partial charge in [-0.25, -0.2) is 0 Å². The zero-order chi connectivity index (χ0) is 12.0. The molecular formula is C12H19ClN2S. The van der Waals surface area contributed by atoms with E-state index in [-0.39, 0.29) is 0 Å². The van der Waals surface area contributed by atoms with Gasteiger partial charge in [0.2, 0.25) is 0 Å². The highest BCUT2D eigenvalue weighted by Gasteiger charge is 2.14. The first-order valence-electron chi connectivity index (χ1n) is 5.52. The van der Waals surface area contributed by atoms with Crippen LogP contribution in [0.2, 0.25) is 5.02 Å². The summed E-state index contributed by atoms with van der Waals surface area (Å²) in [6.45, 7) is 4.38. The third-order valence-corrected chi connectivity index (χ3v) is 4.43. The van der Waals surface area contributed by atoms with E-state index in [1.807, 2.05) is 24.3 Å². The van der Waals surface area contributed by atoms with Crippen molar-refractivity contribution in [1.29, 1.82) is 0 Å². The Hall–Kier alpha value is -0.220. The molecule has 0 amide bonds. The molecule has 0 fully saturated rings. The summed E-state index contributed by atoms with van der Waals surface area (Å²) < 4.78 is 0. The predicted molar refractivity (Wildman–Crippen MR) is 72.7 cm³/mol. The van der Waals surface area contributed by atoms with Crippen LogP contribution in [-0.4, -0.2) is 11.8 Å². The van der Waals surface area contributed by atoms with Gasteiger partial charge in [0.1, 0.15) is 0 Å². The SMILES string of the molecule is CCC(C)C(CSc1ccccc1Cl)NN. The Labute approximate surface area is 107 Å². The molecular weight excluding hydrogens is 240 g/mol. The summed E-state index contributed by atoms with van der Waals surface area (Å²) in [5.41, 5.74) is 2.88. The van der Waals surface area contributed by atoms with Gasteiger partial charge in [-0.05, 0) is 18.1 Å². The highest BCUT2D eigenvalue weighted by atomic mass is 35.5. The molecule has 1 aromatic rings. The normalized spacial score (nSPS) is 14.8. The van der Waals surface area contributed by atoms with Crippen molar-refractivity contribution < 1.29 is 0 Å². The molecule has 2 unspecified atom stereocenters. The van der Waals surface area contributed by atoms with Crippen LogP contribution in [0.5, 0.6) is 0 Å². The second kappa shape index (κ2) is 7.17. The molecule has 3 N–H and O–H groups in total. The van der Waals surface area contributed by atoms with Crippen molar-refractivity contribution in [2.24, 2.45) is 11.8 Å². The topological polar surface area (TPSA) is 38.0 Å². The molecule has 16 heavy (non-hydrogen) atoms. The third kappa shape index (κ3) is 3.98. The van der Waals surface area contributed by atoms with Crippen LogP contribution in [0, 0.1) is 5.92 Å². The number of benzene rings is 1. The van der Waals surface area contributed by atoms with Gasteiger partial charge in [-0.2, -0.15) is 0 Å². The number of rotatable bonds is 6. The highest BCUT2D eigenvalue weighted by molar-refractivity contribution is 7.99. The van der Waals surface area contributed by atoms with Crippen molar-refractivity contribution in [2.45, 2.75) is 31.2 Å². The van der Waals surface area contributed by atoms with Crippen LogP contribution in [0.4, 0.5) is 0 Å². The largest absolute Gasteiger partial charge is 0.271 e. The number of halogens is 1. The summed E-state index contributed by atoms with van der Waals surface area (Å²) in [6.07, 6.45) is 1.12. The van der Waals surface area contributed by atoms with Crippen LogP contribution in [0.3, 0.4) is 0 Å². The van der Waals surface area contributed by atoms with Gasteiger partial charge < -0.3 is 0 Å². The fourth-order valence-corrected chi connectivity index (χ4v) is 2.87. The molecule has 0 heterocycles. The summed E-state index contributed by atoms with van der Waals surface area (Å²) in [7, 11) is 0. The minimum Gasteiger partial charge on any atom is -0.271 e. The Morgan fingerprint density at radius 3 is 2.69 bits per heavy atom. The minimum atomic E-state index is 0.325. The molecule has 0 radical (unpaired) electrons. The minimum absolute atomic E-state index is 0.325. The van der Waals surface area contributed by atoms with Gasteiger partial charge in [0.05, 0.1) is 5.02 Å². The molecule has 90 valence electrons. The quantitative estimate of drug-likeness (QED) is 0.467. The van der Waals surface area contributed by atoms with Crippen LogP contribution >= 0.6 is 23.4 Å². The zero-order valence-corrected chi connectivity index (χ0v) is 11.3. The van der Waals surface area contributed by atoms with Crippen LogP contribution < -0.4 is 11.3 Å². The fraction of sp³-hybridized carbons (Fsp3) is 0.500. The van der Waals surface area contributed by atoms with E-state index in [4.69, 9.17) is 17.4 Å².